The molecule has 0 aromatic heterocycles. The Bertz CT molecular complexity index is 764. The van der Waals surface area contributed by atoms with Gasteiger partial charge < -0.3 is 18.8 Å². The van der Waals surface area contributed by atoms with Gasteiger partial charge in [-0.2, -0.15) is 17.6 Å². The van der Waals surface area contributed by atoms with Gasteiger partial charge in [-0.25, -0.2) is 8.42 Å². The summed E-state index contributed by atoms with van der Waals surface area (Å²) in [6.07, 6.45) is 1.78. The number of halogens is 4. The SMILES string of the molecule is O=C(OCCS(=O)(=O)[O-])C12CC3CC(C1)C1(OCC(F)(F)C(F)(F)CO1)C(C3)C2. The van der Waals surface area contributed by atoms with Crippen molar-refractivity contribution < 1.29 is 49.5 Å². The fraction of sp³-hybridized carbons (Fsp3) is 0.941. The van der Waals surface area contributed by atoms with Crippen LogP contribution in [-0.2, 0) is 29.1 Å². The smallest absolute Gasteiger partial charge is 0.335 e. The molecule has 4 saturated carbocycles. The van der Waals surface area contributed by atoms with E-state index in [1.165, 1.54) is 0 Å². The van der Waals surface area contributed by atoms with Crippen LogP contribution in [0.5, 0.6) is 0 Å². The molecule has 4 bridgehead atoms. The number of rotatable bonds is 4. The molecule has 29 heavy (non-hydrogen) atoms. The Labute approximate surface area is 164 Å². The van der Waals surface area contributed by atoms with Crippen molar-refractivity contribution in [2.75, 3.05) is 25.6 Å². The number of alkyl halides is 4. The van der Waals surface area contributed by atoms with E-state index in [9.17, 15) is 35.3 Å². The molecule has 166 valence electrons. The highest BCUT2D eigenvalue weighted by Gasteiger charge is 2.70. The first-order chi connectivity index (χ1) is 13.3. The van der Waals surface area contributed by atoms with Crippen LogP contribution in [0.15, 0.2) is 0 Å². The van der Waals surface area contributed by atoms with Gasteiger partial charge in [0.1, 0.15) is 19.8 Å². The molecular weight excluding hydrogens is 424 g/mol. The standard InChI is InChI=1S/C17H22F4O7S/c18-15(19)8-27-17(28-9-16(15,20)21)11-3-10-4-12(17)7-14(5-10,6-11)13(22)26-1-2-29(23,24)25/h10-12H,1-9H2,(H,23,24,25)/p-1. The molecule has 1 aliphatic heterocycles. The molecule has 0 amide bonds. The fourth-order valence-corrected chi connectivity index (χ4v) is 5.98. The molecule has 1 heterocycles. The van der Waals surface area contributed by atoms with Gasteiger partial charge in [0.05, 0.1) is 21.3 Å². The Morgan fingerprint density at radius 3 is 2.00 bits per heavy atom. The van der Waals surface area contributed by atoms with E-state index in [0.717, 1.165) is 0 Å². The lowest BCUT2D eigenvalue weighted by molar-refractivity contribution is -0.345. The van der Waals surface area contributed by atoms with Crippen molar-refractivity contribution in [3.8, 4) is 0 Å². The van der Waals surface area contributed by atoms with Gasteiger partial charge >= 0.3 is 17.8 Å². The number of carbonyl (C=O) groups excluding carboxylic acids is 1. The van der Waals surface area contributed by atoms with E-state index in [0.29, 0.717) is 19.3 Å². The first kappa shape index (κ1) is 21.3. The highest BCUT2D eigenvalue weighted by molar-refractivity contribution is 7.85. The first-order valence-electron chi connectivity index (χ1n) is 9.43. The van der Waals surface area contributed by atoms with Crippen molar-refractivity contribution in [2.45, 2.75) is 49.7 Å². The van der Waals surface area contributed by atoms with Crippen LogP contribution < -0.4 is 0 Å². The normalized spacial score (nSPS) is 39.3. The lowest BCUT2D eigenvalue weighted by Gasteiger charge is -2.62. The van der Waals surface area contributed by atoms with Crippen molar-refractivity contribution in [3.05, 3.63) is 0 Å². The summed E-state index contributed by atoms with van der Waals surface area (Å²) < 4.78 is 103. The zero-order valence-corrected chi connectivity index (χ0v) is 16.2. The highest BCUT2D eigenvalue weighted by Crippen LogP contribution is 2.66. The van der Waals surface area contributed by atoms with E-state index in [1.54, 1.807) is 0 Å². The summed E-state index contributed by atoms with van der Waals surface area (Å²) in [5.74, 6) is -12.8. The summed E-state index contributed by atoms with van der Waals surface area (Å²) in [6, 6.07) is 0. The van der Waals surface area contributed by atoms with Crippen LogP contribution in [0.4, 0.5) is 17.6 Å². The molecular formula is C17H21F4O7S-. The number of hydrogen-bond acceptors (Lipinski definition) is 7. The molecule has 0 aromatic rings. The molecule has 0 radical (unpaired) electrons. The predicted octanol–water partition coefficient (Wildman–Crippen LogP) is 1.91. The third-order valence-electron chi connectivity index (χ3n) is 6.82. The van der Waals surface area contributed by atoms with Crippen LogP contribution in [0.2, 0.25) is 0 Å². The Morgan fingerprint density at radius 2 is 1.52 bits per heavy atom. The maximum Gasteiger partial charge on any atom is 0.335 e. The number of carbonyl (C=O) groups is 1. The molecule has 4 aliphatic carbocycles. The molecule has 1 spiro atoms. The van der Waals surface area contributed by atoms with Gasteiger partial charge in [0.15, 0.2) is 5.79 Å². The minimum absolute atomic E-state index is 0.0605. The minimum Gasteiger partial charge on any atom is -0.748 e. The minimum atomic E-state index is -4.53. The van der Waals surface area contributed by atoms with Crippen molar-refractivity contribution in [1.82, 2.24) is 0 Å². The maximum atomic E-state index is 13.8. The van der Waals surface area contributed by atoms with Gasteiger partial charge in [-0.3, -0.25) is 4.79 Å². The van der Waals surface area contributed by atoms with Crippen LogP contribution in [0, 0.1) is 23.2 Å². The van der Waals surface area contributed by atoms with Gasteiger partial charge in [0.2, 0.25) is 0 Å². The van der Waals surface area contributed by atoms with E-state index < -0.39 is 76.5 Å². The van der Waals surface area contributed by atoms with Gasteiger partial charge in [-0.05, 0) is 38.0 Å². The van der Waals surface area contributed by atoms with Crippen molar-refractivity contribution in [3.63, 3.8) is 0 Å². The van der Waals surface area contributed by atoms with Crippen LogP contribution in [0.3, 0.4) is 0 Å². The number of esters is 1. The third-order valence-corrected chi connectivity index (χ3v) is 7.49. The summed E-state index contributed by atoms with van der Waals surface area (Å²) >= 11 is 0. The van der Waals surface area contributed by atoms with E-state index in [4.69, 9.17) is 14.2 Å². The summed E-state index contributed by atoms with van der Waals surface area (Å²) in [5.41, 5.74) is -0.974. The van der Waals surface area contributed by atoms with Gasteiger partial charge in [0.25, 0.3) is 0 Å². The lowest BCUT2D eigenvalue weighted by Crippen LogP contribution is -2.65. The summed E-state index contributed by atoms with van der Waals surface area (Å²) in [6.45, 7) is -3.49. The molecule has 7 nitrogen and oxygen atoms in total. The number of hydrogen-bond donors (Lipinski definition) is 0. The number of ether oxygens (including phenoxy) is 3. The Kier molecular flexibility index (Phi) is 4.77. The van der Waals surface area contributed by atoms with Crippen molar-refractivity contribution in [2.24, 2.45) is 23.2 Å². The second-order valence-electron chi connectivity index (χ2n) is 8.73. The third kappa shape index (κ3) is 3.45. The zero-order chi connectivity index (χ0) is 21.3. The molecule has 5 fully saturated rings. The Hall–Kier alpha value is -0.980. The van der Waals surface area contributed by atoms with Crippen LogP contribution in [0.1, 0.15) is 32.1 Å². The Balaban J connectivity index is 1.53. The van der Waals surface area contributed by atoms with E-state index >= 15 is 0 Å². The van der Waals surface area contributed by atoms with Crippen molar-refractivity contribution in [1.29, 1.82) is 0 Å². The maximum absolute atomic E-state index is 13.8. The molecule has 0 aromatic carbocycles. The summed E-state index contributed by atoms with van der Waals surface area (Å²) in [5, 5.41) is 0. The first-order valence-corrected chi connectivity index (χ1v) is 11.0. The monoisotopic (exact) mass is 445 g/mol. The van der Waals surface area contributed by atoms with Crippen LogP contribution in [0.25, 0.3) is 0 Å². The average Bonchev–Trinajstić information content (AvgIpc) is 2.67. The second-order valence-corrected chi connectivity index (χ2v) is 10.3. The van der Waals surface area contributed by atoms with Crippen LogP contribution in [-0.4, -0.2) is 62.1 Å². The molecule has 1 saturated heterocycles. The second kappa shape index (κ2) is 6.51. The van der Waals surface area contributed by atoms with E-state index in [2.05, 4.69) is 0 Å². The predicted molar refractivity (Wildman–Crippen MR) is 86.0 cm³/mol. The van der Waals surface area contributed by atoms with Crippen molar-refractivity contribution >= 4 is 16.1 Å². The molecule has 0 N–H and O–H groups in total. The molecule has 5 rings (SSSR count). The highest BCUT2D eigenvalue weighted by atomic mass is 32.2. The molecule has 12 heteroatoms. The quantitative estimate of drug-likeness (QED) is 0.370. The van der Waals surface area contributed by atoms with E-state index in [-0.39, 0.29) is 18.8 Å². The van der Waals surface area contributed by atoms with Crippen LogP contribution >= 0.6 is 0 Å². The average molecular weight is 445 g/mol. The largest absolute Gasteiger partial charge is 0.748 e. The summed E-state index contributed by atoms with van der Waals surface area (Å²) in [7, 11) is -4.53. The summed E-state index contributed by atoms with van der Waals surface area (Å²) in [4.78, 5) is 12.7. The molecule has 2 unspecified atom stereocenters. The van der Waals surface area contributed by atoms with Gasteiger partial charge in [0, 0.05) is 11.8 Å². The zero-order valence-electron chi connectivity index (χ0n) is 15.4. The fourth-order valence-electron chi connectivity index (χ4n) is 5.70. The molecule has 2 atom stereocenters. The topological polar surface area (TPSA) is 102 Å². The lowest BCUT2D eigenvalue weighted by atomic mass is 9.47. The Morgan fingerprint density at radius 1 is 1.00 bits per heavy atom. The molecule has 5 aliphatic rings. The van der Waals surface area contributed by atoms with E-state index in [1.807, 2.05) is 0 Å². The van der Waals surface area contributed by atoms with Gasteiger partial charge in [-0.1, -0.05) is 0 Å². The van der Waals surface area contributed by atoms with Gasteiger partial charge in [-0.15, -0.1) is 0 Å².